The highest BCUT2D eigenvalue weighted by atomic mass is 32.3. The fourth-order valence-corrected chi connectivity index (χ4v) is 4.23. The van der Waals surface area contributed by atoms with E-state index >= 15 is 0 Å². The van der Waals surface area contributed by atoms with Crippen molar-refractivity contribution in [2.24, 2.45) is 11.5 Å². The molecule has 1 saturated heterocycles. The number of amides is 5. The molecule has 3 aliphatic rings. The Kier molecular flexibility index (Phi) is 4.14. The van der Waals surface area contributed by atoms with Crippen molar-refractivity contribution in [3.05, 3.63) is 41.6 Å². The summed E-state index contributed by atoms with van der Waals surface area (Å²) in [4.78, 5) is 38.0. The first-order chi connectivity index (χ1) is 13.6. The molecule has 4 rings (SSSR count). The van der Waals surface area contributed by atoms with Gasteiger partial charge in [-0.05, 0) is 12.1 Å². The maximum absolute atomic E-state index is 12.7. The molecule has 0 aliphatic carbocycles. The number of nitrogens with two attached hydrogens (primary N) is 2. The van der Waals surface area contributed by atoms with Gasteiger partial charge in [-0.25, -0.2) is 14.6 Å². The number of hydroxylamine groups is 2. The number of para-hydroxylation sites is 1. The second kappa shape index (κ2) is 6.33. The van der Waals surface area contributed by atoms with E-state index in [1.807, 2.05) is 0 Å². The summed E-state index contributed by atoms with van der Waals surface area (Å²) < 4.78 is 35.9. The molecule has 154 valence electrons. The van der Waals surface area contributed by atoms with Crippen LogP contribution in [-0.4, -0.2) is 71.1 Å². The molecule has 1 aromatic carbocycles. The largest absolute Gasteiger partial charge is 0.418 e. The summed E-state index contributed by atoms with van der Waals surface area (Å²) in [6.45, 7) is -0.267. The van der Waals surface area contributed by atoms with Gasteiger partial charge in [0.15, 0.2) is 6.04 Å². The zero-order chi connectivity index (χ0) is 21.1. The van der Waals surface area contributed by atoms with Gasteiger partial charge < -0.3 is 16.4 Å². The van der Waals surface area contributed by atoms with Gasteiger partial charge in [-0.15, -0.1) is 4.28 Å². The number of primary amides is 2. The van der Waals surface area contributed by atoms with E-state index in [1.165, 1.54) is 5.01 Å². The molecule has 0 aromatic heterocycles. The monoisotopic (exact) mass is 424 g/mol. The summed E-state index contributed by atoms with van der Waals surface area (Å²) in [7, 11) is -5.02. The van der Waals surface area contributed by atoms with Crippen LogP contribution in [0.3, 0.4) is 0 Å². The Morgan fingerprint density at radius 3 is 2.38 bits per heavy atom. The number of hydrogen-bond donors (Lipinski definition) is 3. The molecular formula is C15H16N6O7S. The van der Waals surface area contributed by atoms with Crippen LogP contribution in [0.1, 0.15) is 0 Å². The van der Waals surface area contributed by atoms with Crippen LogP contribution < -0.4 is 16.5 Å². The van der Waals surface area contributed by atoms with E-state index < -0.39 is 40.5 Å². The topological polar surface area (TPSA) is 180 Å². The van der Waals surface area contributed by atoms with E-state index in [4.69, 9.17) is 16.0 Å². The van der Waals surface area contributed by atoms with Crippen LogP contribution in [0.2, 0.25) is 0 Å². The number of benzene rings is 1. The SMILES string of the molecule is NC(=O)C1C2=C(CN(C(N)=O)N2c2ccccc2)C2CN1C(=O)N2OS(=O)(=O)O. The number of urea groups is 2. The standard InChI is InChI=1S/C15H16N6O7S/c16-13(22)12-11-9(10-7-18(12)15(24)21(10)28-29(25,26)27)6-19(14(17)23)20(11)8-4-2-1-3-5-8/h1-5,10,12H,6-7H2,(H2,16,22)(H2,17,23)(H,25,26,27). The lowest BCUT2D eigenvalue weighted by atomic mass is 9.96. The van der Waals surface area contributed by atoms with E-state index in [2.05, 4.69) is 4.28 Å². The van der Waals surface area contributed by atoms with Crippen molar-refractivity contribution in [2.75, 3.05) is 18.1 Å². The molecule has 2 atom stereocenters. The third-order valence-electron chi connectivity index (χ3n) is 4.88. The molecule has 0 saturated carbocycles. The van der Waals surface area contributed by atoms with Crippen molar-refractivity contribution in [1.29, 1.82) is 0 Å². The molecule has 1 aromatic rings. The summed E-state index contributed by atoms with van der Waals surface area (Å²) in [6.07, 6.45) is 0. The minimum atomic E-state index is -5.02. The quantitative estimate of drug-likeness (QED) is 0.502. The van der Waals surface area contributed by atoms with Crippen LogP contribution in [0.5, 0.6) is 0 Å². The highest BCUT2D eigenvalue weighted by Crippen LogP contribution is 2.42. The Morgan fingerprint density at radius 1 is 1.17 bits per heavy atom. The number of hydrogen-bond acceptors (Lipinski definition) is 7. The number of rotatable bonds is 4. The summed E-state index contributed by atoms with van der Waals surface area (Å²) in [6, 6.07) is 4.34. The maximum atomic E-state index is 12.7. The molecule has 3 aliphatic heterocycles. The first-order valence-electron chi connectivity index (χ1n) is 8.31. The fraction of sp³-hybridized carbons (Fsp3) is 0.267. The van der Waals surface area contributed by atoms with E-state index in [0.29, 0.717) is 16.3 Å². The number of fused-ring (bicyclic) bond motifs is 3. The van der Waals surface area contributed by atoms with E-state index in [9.17, 15) is 22.8 Å². The van der Waals surface area contributed by atoms with Gasteiger partial charge >= 0.3 is 22.5 Å². The fourth-order valence-electron chi connectivity index (χ4n) is 3.86. The minimum absolute atomic E-state index is 0.129. The first-order valence-corrected chi connectivity index (χ1v) is 9.68. The molecule has 1 fully saturated rings. The van der Waals surface area contributed by atoms with Gasteiger partial charge in [0, 0.05) is 5.57 Å². The van der Waals surface area contributed by atoms with Crippen molar-refractivity contribution in [2.45, 2.75) is 12.1 Å². The molecule has 29 heavy (non-hydrogen) atoms. The van der Waals surface area contributed by atoms with Gasteiger partial charge in [-0.1, -0.05) is 18.2 Å². The molecule has 0 radical (unpaired) electrons. The minimum Gasteiger partial charge on any atom is -0.368 e. The third-order valence-corrected chi connectivity index (χ3v) is 5.23. The number of hydrazine groups is 1. The van der Waals surface area contributed by atoms with Crippen LogP contribution >= 0.6 is 0 Å². The van der Waals surface area contributed by atoms with Gasteiger partial charge in [0.05, 0.1) is 24.5 Å². The Labute approximate surface area is 164 Å². The molecular weight excluding hydrogens is 408 g/mol. The van der Waals surface area contributed by atoms with Gasteiger partial charge in [0.25, 0.3) is 0 Å². The van der Waals surface area contributed by atoms with Gasteiger partial charge in [-0.2, -0.15) is 13.5 Å². The van der Waals surface area contributed by atoms with Crippen LogP contribution in [0, 0.1) is 0 Å². The lowest BCUT2D eigenvalue weighted by Gasteiger charge is -2.36. The molecule has 2 unspecified atom stereocenters. The molecule has 5 amide bonds. The highest BCUT2D eigenvalue weighted by Gasteiger charge is 2.57. The second-order valence-corrected chi connectivity index (χ2v) is 7.54. The molecule has 3 heterocycles. The van der Waals surface area contributed by atoms with Gasteiger partial charge in [0.2, 0.25) is 5.91 Å². The number of anilines is 1. The number of carbonyl (C=O) groups is 3. The average molecular weight is 424 g/mol. The van der Waals surface area contributed by atoms with Crippen molar-refractivity contribution in [3.63, 3.8) is 0 Å². The normalized spacial score (nSPS) is 23.7. The van der Waals surface area contributed by atoms with E-state index in [0.717, 1.165) is 9.91 Å². The van der Waals surface area contributed by atoms with Gasteiger partial charge in [-0.3, -0.25) is 14.4 Å². The summed E-state index contributed by atoms with van der Waals surface area (Å²) in [5.41, 5.74) is 12.1. The van der Waals surface area contributed by atoms with E-state index in [-0.39, 0.29) is 18.8 Å². The summed E-state index contributed by atoms with van der Waals surface area (Å²) in [5.74, 6) is -0.898. The predicted octanol–water partition coefficient (Wildman–Crippen LogP) is -1.24. The number of carbonyl (C=O) groups excluding carboxylic acids is 3. The van der Waals surface area contributed by atoms with E-state index in [1.54, 1.807) is 30.3 Å². The van der Waals surface area contributed by atoms with Crippen molar-refractivity contribution < 1.29 is 31.6 Å². The van der Waals surface area contributed by atoms with Crippen molar-refractivity contribution in [3.8, 4) is 0 Å². The smallest absolute Gasteiger partial charge is 0.368 e. The highest BCUT2D eigenvalue weighted by molar-refractivity contribution is 7.80. The average Bonchev–Trinajstić information content (AvgIpc) is 3.15. The van der Waals surface area contributed by atoms with Crippen LogP contribution in [0.25, 0.3) is 0 Å². The lowest BCUT2D eigenvalue weighted by molar-refractivity contribution is -0.121. The Balaban J connectivity index is 1.88. The summed E-state index contributed by atoms with van der Waals surface area (Å²) >= 11 is 0. The first kappa shape index (κ1) is 19.0. The van der Waals surface area contributed by atoms with Crippen LogP contribution in [-0.2, 0) is 19.5 Å². The van der Waals surface area contributed by atoms with Crippen LogP contribution in [0.4, 0.5) is 15.3 Å². The Morgan fingerprint density at radius 2 is 1.83 bits per heavy atom. The molecule has 14 heteroatoms. The lowest BCUT2D eigenvalue weighted by Crippen LogP contribution is -2.54. The summed E-state index contributed by atoms with van der Waals surface area (Å²) in [5, 5.41) is 2.95. The van der Waals surface area contributed by atoms with Gasteiger partial charge in [0.1, 0.15) is 6.04 Å². The number of nitrogens with zero attached hydrogens (tertiary/aromatic N) is 4. The Bertz CT molecular complexity index is 1040. The van der Waals surface area contributed by atoms with Crippen molar-refractivity contribution >= 4 is 34.1 Å². The van der Waals surface area contributed by atoms with Crippen molar-refractivity contribution in [1.82, 2.24) is 15.0 Å². The second-order valence-electron chi connectivity index (χ2n) is 6.54. The maximum Gasteiger partial charge on any atom is 0.418 e. The zero-order valence-corrected chi connectivity index (χ0v) is 15.5. The predicted molar refractivity (Wildman–Crippen MR) is 95.6 cm³/mol. The molecule has 2 bridgehead atoms. The molecule has 5 N–H and O–H groups in total. The molecule has 13 nitrogen and oxygen atoms in total. The zero-order valence-electron chi connectivity index (χ0n) is 14.7. The third kappa shape index (κ3) is 2.93. The molecule has 0 spiro atoms. The van der Waals surface area contributed by atoms with Crippen LogP contribution in [0.15, 0.2) is 41.6 Å². The Hall–Kier alpha value is -3.36.